The summed E-state index contributed by atoms with van der Waals surface area (Å²) in [5, 5.41) is 0. The second kappa shape index (κ2) is 15.7. The molecular weight excluding hydrogens is 896 g/mol. The average molecular weight is 981 g/mol. The minimum Gasteiger partial charge on any atom is -0.470 e. The highest BCUT2D eigenvalue weighted by Gasteiger charge is 2.57. The maximum absolute atomic E-state index is 7.67. The third kappa shape index (κ3) is 7.39. The summed E-state index contributed by atoms with van der Waals surface area (Å²) in [4.78, 5) is 5.49. The molecule has 74 heavy (non-hydrogen) atoms. The molecule has 0 saturated heterocycles. The Balaban J connectivity index is 1.25. The Morgan fingerprint density at radius 1 is 0.459 bits per heavy atom. The number of benzene rings is 6. The van der Waals surface area contributed by atoms with E-state index in [1.165, 1.54) is 120 Å². The zero-order valence-electron chi connectivity index (χ0n) is 48.6. The van der Waals surface area contributed by atoms with Crippen LogP contribution in [0.2, 0.25) is 0 Å². The molecule has 12 rings (SSSR count). The van der Waals surface area contributed by atoms with Gasteiger partial charge in [-0.2, -0.15) is 0 Å². The second-order valence-electron chi connectivity index (χ2n) is 30.2. The topological polar surface area (TPSA) is 15.7 Å². The highest BCUT2D eigenvalue weighted by atomic mass is 16.5. The fraction of sp³-hybridized carbons (Fsp3) is 0.486. The molecule has 3 aliphatic carbocycles. The summed E-state index contributed by atoms with van der Waals surface area (Å²) < 4.78 is 7.67. The molecule has 6 aromatic carbocycles. The van der Waals surface area contributed by atoms with E-state index in [2.05, 4.69) is 238 Å². The molecule has 4 heteroatoms. The molecule has 3 nitrogen and oxygen atoms in total. The van der Waals surface area contributed by atoms with Gasteiger partial charge in [-0.3, -0.25) is 0 Å². The number of hydrogen-bond acceptors (Lipinski definition) is 3. The summed E-state index contributed by atoms with van der Waals surface area (Å²) in [6.07, 6.45) is 6.74. The van der Waals surface area contributed by atoms with Gasteiger partial charge in [-0.1, -0.05) is 179 Å². The lowest BCUT2D eigenvalue weighted by Crippen LogP contribution is -2.63. The van der Waals surface area contributed by atoms with Gasteiger partial charge in [-0.15, -0.1) is 0 Å². The van der Waals surface area contributed by atoms with Gasteiger partial charge in [-0.05, 0) is 197 Å². The number of hydrogen-bond donors (Lipinski definition) is 0. The van der Waals surface area contributed by atoms with Crippen LogP contribution in [0.25, 0.3) is 11.1 Å². The van der Waals surface area contributed by atoms with Gasteiger partial charge >= 0.3 is 0 Å². The van der Waals surface area contributed by atoms with Crippen molar-refractivity contribution in [3.05, 3.63) is 153 Å². The van der Waals surface area contributed by atoms with E-state index in [-0.39, 0.29) is 62.1 Å². The maximum atomic E-state index is 7.67. The lowest BCUT2D eigenvalue weighted by Gasteiger charge is -2.51. The van der Waals surface area contributed by atoms with Crippen LogP contribution in [0.15, 0.2) is 103 Å². The van der Waals surface area contributed by atoms with Gasteiger partial charge in [0.25, 0.3) is 0 Å². The van der Waals surface area contributed by atoms with Gasteiger partial charge in [0.15, 0.2) is 6.23 Å². The second-order valence-corrected chi connectivity index (χ2v) is 30.2. The smallest absolute Gasteiger partial charge is 0.231 e. The first kappa shape index (κ1) is 49.6. The van der Waals surface area contributed by atoms with E-state index in [4.69, 9.17) is 4.74 Å². The van der Waals surface area contributed by atoms with Crippen LogP contribution in [-0.4, -0.2) is 12.9 Å². The number of ether oxygens (including phenoxy) is 1. The van der Waals surface area contributed by atoms with Crippen molar-refractivity contribution in [2.45, 2.75) is 219 Å². The molecule has 3 aliphatic heterocycles. The average Bonchev–Trinajstić information content (AvgIpc) is 3.71. The van der Waals surface area contributed by atoms with Crippen LogP contribution in [0, 0.1) is 0 Å². The number of anilines is 5. The Labute approximate surface area is 447 Å². The van der Waals surface area contributed by atoms with Crippen LogP contribution in [-0.2, 0) is 43.3 Å². The molecule has 0 N–H and O–H groups in total. The molecule has 0 fully saturated rings. The summed E-state index contributed by atoms with van der Waals surface area (Å²) in [5.74, 6) is 1.05. The predicted octanol–water partition coefficient (Wildman–Crippen LogP) is 17.6. The summed E-state index contributed by atoms with van der Waals surface area (Å²) in [5.41, 5.74) is 24.9. The van der Waals surface area contributed by atoms with Crippen molar-refractivity contribution in [3.63, 3.8) is 0 Å². The van der Waals surface area contributed by atoms with E-state index >= 15 is 0 Å². The fourth-order valence-corrected chi connectivity index (χ4v) is 14.8. The third-order valence-electron chi connectivity index (χ3n) is 20.2. The van der Waals surface area contributed by atoms with Gasteiger partial charge in [0.1, 0.15) is 5.75 Å². The Kier molecular flexibility index (Phi) is 10.5. The predicted molar refractivity (Wildman–Crippen MR) is 317 cm³/mol. The summed E-state index contributed by atoms with van der Waals surface area (Å²) in [7, 11) is 0. The van der Waals surface area contributed by atoms with E-state index in [9.17, 15) is 0 Å². The zero-order chi connectivity index (χ0) is 52.8. The third-order valence-corrected chi connectivity index (χ3v) is 20.2. The van der Waals surface area contributed by atoms with Crippen LogP contribution in [0.5, 0.6) is 5.75 Å². The summed E-state index contributed by atoms with van der Waals surface area (Å²) in [6.45, 7) is 44.2. The summed E-state index contributed by atoms with van der Waals surface area (Å²) in [6, 6.07) is 42.1. The molecule has 3 heterocycles. The van der Waals surface area contributed by atoms with E-state index in [0.717, 1.165) is 25.0 Å². The Morgan fingerprint density at radius 2 is 0.959 bits per heavy atom. The van der Waals surface area contributed by atoms with E-state index in [0.29, 0.717) is 0 Å². The normalized spacial score (nSPS) is 22.8. The molecular formula is C70H85BN2O. The molecule has 384 valence electrons. The molecule has 6 aliphatic rings. The zero-order valence-corrected chi connectivity index (χ0v) is 48.6. The maximum Gasteiger partial charge on any atom is 0.231 e. The molecule has 0 amide bonds. The molecule has 0 aromatic heterocycles. The molecule has 2 atom stereocenters. The van der Waals surface area contributed by atoms with E-state index < -0.39 is 0 Å². The lowest BCUT2D eigenvalue weighted by atomic mass is 9.29. The van der Waals surface area contributed by atoms with Gasteiger partial charge in [0, 0.05) is 34.1 Å². The quantitative estimate of drug-likeness (QED) is 0.164. The van der Waals surface area contributed by atoms with Crippen LogP contribution in [0.4, 0.5) is 28.4 Å². The van der Waals surface area contributed by atoms with Gasteiger partial charge < -0.3 is 14.5 Å². The van der Waals surface area contributed by atoms with E-state index in [1.54, 1.807) is 0 Å². The molecule has 0 bridgehead atoms. The standard InChI is InChI=1S/C70H85BN2O/c1-63(2,3)43-24-27-59-47(34-43)60-62(74-59)72(45-25-26-48-49(37-45)66(9,10)29-28-65(48,7)8)57-35-44(64(4,5)6)36-58-61(57)71(60)54-39-51-53(70(17,18)33-31-68(51,13)14)41-56(54)73(58)55-40-52-50(67(11,12)30-32-69(52,15)16)38-46(55)42-22-20-19-21-23-42/h19-27,34-41,60,62H,28-33H2,1-18H3. The molecule has 6 aromatic rings. The minimum absolute atomic E-state index is 0.0129. The van der Waals surface area contributed by atoms with Gasteiger partial charge in [0.05, 0.1) is 5.69 Å². The van der Waals surface area contributed by atoms with Crippen molar-refractivity contribution >= 4 is 46.1 Å². The highest BCUT2D eigenvalue weighted by molar-refractivity contribution is 6.91. The van der Waals surface area contributed by atoms with Crippen molar-refractivity contribution in [3.8, 4) is 16.9 Å². The van der Waals surface area contributed by atoms with Crippen LogP contribution < -0.4 is 25.5 Å². The first-order chi connectivity index (χ1) is 34.4. The van der Waals surface area contributed by atoms with Crippen molar-refractivity contribution < 1.29 is 4.74 Å². The van der Waals surface area contributed by atoms with Crippen molar-refractivity contribution in [2.24, 2.45) is 0 Å². The first-order valence-electron chi connectivity index (χ1n) is 28.6. The summed E-state index contributed by atoms with van der Waals surface area (Å²) >= 11 is 0. The first-order valence-corrected chi connectivity index (χ1v) is 28.6. The molecule has 0 radical (unpaired) electrons. The Morgan fingerprint density at radius 3 is 1.53 bits per heavy atom. The fourth-order valence-electron chi connectivity index (χ4n) is 14.8. The number of rotatable bonds is 3. The van der Waals surface area contributed by atoms with Crippen molar-refractivity contribution in [1.82, 2.24) is 0 Å². The number of nitrogens with zero attached hydrogens (tertiary/aromatic N) is 2. The molecule has 0 saturated carbocycles. The van der Waals surface area contributed by atoms with E-state index in [1.807, 2.05) is 0 Å². The van der Waals surface area contributed by atoms with Crippen LogP contribution >= 0.6 is 0 Å². The number of fused-ring (bicyclic) bond motifs is 9. The molecule has 0 spiro atoms. The minimum atomic E-state index is -0.259. The SMILES string of the molecule is CC(C)(C)c1ccc2c(c1)C1B3c4cc5c(cc4N(c4cc6c(cc4-c4ccccc4)C(C)(C)CCC6(C)C)c4cc(C(C)(C)C)cc(c43)N(c3ccc4c(c3)C(C)(C)CCC4(C)C)C1O2)C(C)(C)CCC5(C)C. The van der Waals surface area contributed by atoms with Gasteiger partial charge in [-0.25, -0.2) is 0 Å². The van der Waals surface area contributed by atoms with Crippen LogP contribution in [0.3, 0.4) is 0 Å². The van der Waals surface area contributed by atoms with Crippen molar-refractivity contribution in [1.29, 1.82) is 0 Å². The van der Waals surface area contributed by atoms with Crippen LogP contribution in [0.1, 0.15) is 219 Å². The molecule has 2 unspecified atom stereocenters. The monoisotopic (exact) mass is 981 g/mol. The lowest BCUT2D eigenvalue weighted by molar-refractivity contribution is 0.231. The Bertz CT molecular complexity index is 3310. The Hall–Kier alpha value is -5.22. The van der Waals surface area contributed by atoms with Gasteiger partial charge in [0.2, 0.25) is 6.71 Å². The largest absolute Gasteiger partial charge is 0.470 e. The highest BCUT2D eigenvalue weighted by Crippen LogP contribution is 2.58. The van der Waals surface area contributed by atoms with Crippen molar-refractivity contribution in [2.75, 3.05) is 9.80 Å².